The highest BCUT2D eigenvalue weighted by molar-refractivity contribution is 7.99. The summed E-state index contributed by atoms with van der Waals surface area (Å²) in [5.41, 5.74) is 1.06. The minimum atomic E-state index is -0.269. The normalized spacial score (nSPS) is 17.5. The summed E-state index contributed by atoms with van der Waals surface area (Å²) in [4.78, 5) is 6.25. The summed E-state index contributed by atoms with van der Waals surface area (Å²) in [5.74, 6) is 1.14. The lowest BCUT2D eigenvalue weighted by Crippen LogP contribution is -2.45. The average molecular weight is 310 g/mol. The smallest absolute Gasteiger partial charge is 0.183 e. The Morgan fingerprint density at radius 2 is 1.67 bits per heavy atom. The van der Waals surface area contributed by atoms with Crippen LogP contribution in [0.3, 0.4) is 0 Å². The zero-order valence-electron chi connectivity index (χ0n) is 13.2. The number of hydrogen-bond donors (Lipinski definition) is 0. The van der Waals surface area contributed by atoms with Crippen molar-refractivity contribution < 1.29 is 9.47 Å². The number of nitrogens with zero attached hydrogens (tertiary/aromatic N) is 2. The first-order valence-electron chi connectivity index (χ1n) is 7.42. The fraction of sp³-hybridized carbons (Fsp3) is 0.625. The van der Waals surface area contributed by atoms with Crippen molar-refractivity contribution in [2.24, 2.45) is 0 Å². The molecule has 1 aromatic carbocycles. The Kier molecular flexibility index (Phi) is 6.99. The first-order valence-corrected chi connectivity index (χ1v) is 8.40. The topological polar surface area (TPSA) is 24.9 Å². The van der Waals surface area contributed by atoms with Gasteiger partial charge in [0.1, 0.15) is 0 Å². The van der Waals surface area contributed by atoms with Gasteiger partial charge in [0.15, 0.2) is 6.29 Å². The first-order chi connectivity index (χ1) is 10.2. The number of piperazine rings is 1. The van der Waals surface area contributed by atoms with Gasteiger partial charge in [-0.2, -0.15) is 0 Å². The molecule has 2 rings (SSSR count). The third-order valence-corrected chi connectivity index (χ3v) is 4.84. The van der Waals surface area contributed by atoms with Crippen LogP contribution in [-0.4, -0.2) is 69.5 Å². The van der Waals surface area contributed by atoms with Gasteiger partial charge in [-0.15, -0.1) is 11.8 Å². The van der Waals surface area contributed by atoms with Gasteiger partial charge in [0.05, 0.1) is 0 Å². The zero-order chi connectivity index (χ0) is 15.1. The van der Waals surface area contributed by atoms with Crippen LogP contribution < -0.4 is 0 Å². The lowest BCUT2D eigenvalue weighted by Gasteiger charge is -2.32. The third kappa shape index (κ3) is 5.27. The van der Waals surface area contributed by atoms with Gasteiger partial charge in [-0.25, -0.2) is 0 Å². The molecule has 0 radical (unpaired) electrons. The van der Waals surface area contributed by atoms with E-state index in [1.54, 1.807) is 14.2 Å². The fourth-order valence-corrected chi connectivity index (χ4v) is 3.37. The Labute approximate surface area is 132 Å². The molecule has 1 heterocycles. The highest BCUT2D eigenvalue weighted by Gasteiger charge is 2.13. The lowest BCUT2D eigenvalue weighted by atomic mass is 10.2. The predicted molar refractivity (Wildman–Crippen MR) is 87.9 cm³/mol. The Hall–Kier alpha value is -0.590. The Bertz CT molecular complexity index is 401. The second-order valence-electron chi connectivity index (χ2n) is 5.37. The highest BCUT2D eigenvalue weighted by atomic mass is 32.2. The molecule has 118 valence electrons. The number of methoxy groups -OCH3 is 2. The lowest BCUT2D eigenvalue weighted by molar-refractivity contribution is -0.106. The summed E-state index contributed by atoms with van der Waals surface area (Å²) < 4.78 is 10.5. The summed E-state index contributed by atoms with van der Waals surface area (Å²) in [6.45, 7) is 5.93. The van der Waals surface area contributed by atoms with E-state index < -0.39 is 0 Å². The van der Waals surface area contributed by atoms with Crippen LogP contribution in [-0.2, 0) is 9.47 Å². The van der Waals surface area contributed by atoms with Gasteiger partial charge >= 0.3 is 0 Å². The maximum atomic E-state index is 5.25. The maximum Gasteiger partial charge on any atom is 0.183 e. The molecular formula is C16H26N2O2S. The molecule has 0 aromatic heterocycles. The van der Waals surface area contributed by atoms with Crippen LogP contribution in [0.4, 0.5) is 0 Å². The van der Waals surface area contributed by atoms with Gasteiger partial charge in [-0.3, -0.25) is 4.90 Å². The van der Waals surface area contributed by atoms with Gasteiger partial charge in [0, 0.05) is 63.2 Å². The van der Waals surface area contributed by atoms with Crippen molar-refractivity contribution in [3.05, 3.63) is 29.8 Å². The highest BCUT2D eigenvalue weighted by Crippen LogP contribution is 2.23. The van der Waals surface area contributed by atoms with E-state index in [0.717, 1.165) is 11.3 Å². The zero-order valence-corrected chi connectivity index (χ0v) is 14.1. The Morgan fingerprint density at radius 1 is 1.05 bits per heavy atom. The largest absolute Gasteiger partial charge is 0.352 e. The minimum absolute atomic E-state index is 0.269. The predicted octanol–water partition coefficient (Wildman–Crippen LogP) is 2.32. The van der Waals surface area contributed by atoms with Crippen LogP contribution in [0.1, 0.15) is 11.9 Å². The number of hydrogen-bond acceptors (Lipinski definition) is 5. The molecule has 1 fully saturated rings. The van der Waals surface area contributed by atoms with Crippen LogP contribution in [0.15, 0.2) is 29.2 Å². The van der Waals surface area contributed by atoms with Gasteiger partial charge in [-0.05, 0) is 19.2 Å². The van der Waals surface area contributed by atoms with E-state index in [2.05, 4.69) is 41.1 Å². The summed E-state index contributed by atoms with van der Waals surface area (Å²) in [5, 5.41) is 0. The molecule has 1 saturated heterocycles. The number of ether oxygens (including phenoxy) is 2. The maximum absolute atomic E-state index is 5.25. The van der Waals surface area contributed by atoms with Crippen molar-refractivity contribution in [3.63, 3.8) is 0 Å². The van der Waals surface area contributed by atoms with Gasteiger partial charge in [-0.1, -0.05) is 12.1 Å². The van der Waals surface area contributed by atoms with E-state index >= 15 is 0 Å². The standard InChI is InChI=1S/C16H26N2O2S/c1-17-8-10-18(11-9-17)12-13-21-15-6-4-14(5-7-15)16(19-2)20-3/h4-7,16H,8-13H2,1-3H3. The summed E-state index contributed by atoms with van der Waals surface area (Å²) in [7, 11) is 5.51. The second-order valence-corrected chi connectivity index (χ2v) is 6.53. The molecule has 4 nitrogen and oxygen atoms in total. The van der Waals surface area contributed by atoms with Gasteiger partial charge in [0.25, 0.3) is 0 Å². The van der Waals surface area contributed by atoms with Crippen LogP contribution in [0.2, 0.25) is 0 Å². The Morgan fingerprint density at radius 3 is 2.24 bits per heavy atom. The van der Waals surface area contributed by atoms with Crippen molar-refractivity contribution in [2.75, 3.05) is 59.7 Å². The molecule has 0 atom stereocenters. The molecule has 0 bridgehead atoms. The molecule has 0 amide bonds. The van der Waals surface area contributed by atoms with Crippen LogP contribution >= 0.6 is 11.8 Å². The van der Waals surface area contributed by atoms with E-state index in [9.17, 15) is 0 Å². The summed E-state index contributed by atoms with van der Waals surface area (Å²) in [6.07, 6.45) is -0.269. The fourth-order valence-electron chi connectivity index (χ4n) is 2.45. The van der Waals surface area contributed by atoms with E-state index in [1.165, 1.54) is 37.6 Å². The van der Waals surface area contributed by atoms with Crippen LogP contribution in [0, 0.1) is 0 Å². The van der Waals surface area contributed by atoms with Crippen molar-refractivity contribution in [1.82, 2.24) is 9.80 Å². The molecule has 0 spiro atoms. The number of likely N-dealkylation sites (N-methyl/N-ethyl adjacent to an activating group) is 1. The Balaban J connectivity index is 1.73. The van der Waals surface area contributed by atoms with Crippen LogP contribution in [0.25, 0.3) is 0 Å². The second kappa shape index (κ2) is 8.76. The molecular weight excluding hydrogens is 284 g/mol. The molecule has 5 heteroatoms. The molecule has 0 N–H and O–H groups in total. The van der Waals surface area contributed by atoms with E-state index in [1.807, 2.05) is 11.8 Å². The first kappa shape index (κ1) is 16.8. The molecule has 21 heavy (non-hydrogen) atoms. The quantitative estimate of drug-likeness (QED) is 0.568. The summed E-state index contributed by atoms with van der Waals surface area (Å²) in [6, 6.07) is 8.45. The van der Waals surface area contributed by atoms with Crippen molar-refractivity contribution in [1.29, 1.82) is 0 Å². The molecule has 0 aliphatic carbocycles. The molecule has 1 aliphatic rings. The monoisotopic (exact) mass is 310 g/mol. The number of rotatable bonds is 7. The molecule has 1 aliphatic heterocycles. The van der Waals surface area contributed by atoms with Crippen molar-refractivity contribution in [3.8, 4) is 0 Å². The van der Waals surface area contributed by atoms with E-state index in [4.69, 9.17) is 9.47 Å². The molecule has 0 saturated carbocycles. The number of thioether (sulfide) groups is 1. The summed E-state index contributed by atoms with van der Waals surface area (Å²) >= 11 is 1.91. The molecule has 0 unspecified atom stereocenters. The third-order valence-electron chi connectivity index (χ3n) is 3.85. The number of benzene rings is 1. The van der Waals surface area contributed by atoms with Crippen molar-refractivity contribution in [2.45, 2.75) is 11.2 Å². The SMILES string of the molecule is COC(OC)c1ccc(SCCN2CCN(C)CC2)cc1. The van der Waals surface area contributed by atoms with Gasteiger partial charge < -0.3 is 14.4 Å². The minimum Gasteiger partial charge on any atom is -0.352 e. The average Bonchev–Trinajstić information content (AvgIpc) is 2.52. The van der Waals surface area contributed by atoms with E-state index in [0.29, 0.717) is 0 Å². The van der Waals surface area contributed by atoms with Gasteiger partial charge in [0.2, 0.25) is 0 Å². The van der Waals surface area contributed by atoms with E-state index in [-0.39, 0.29) is 6.29 Å². The molecule has 1 aromatic rings. The van der Waals surface area contributed by atoms with Crippen LogP contribution in [0.5, 0.6) is 0 Å². The van der Waals surface area contributed by atoms with Crippen molar-refractivity contribution >= 4 is 11.8 Å².